The molecule has 0 aliphatic heterocycles. The number of hydrogen-bond donors (Lipinski definition) is 2. The Hall–Kier alpha value is -1.92. The number of rotatable bonds is 12. The number of carbonyl (C=O) groups excluding carboxylic acids is 2. The average Bonchev–Trinajstić information content (AvgIpc) is 3.46. The normalized spacial score (nSPS) is 13.6. The van der Waals surface area contributed by atoms with Crippen LogP contribution in [0.15, 0.2) is 18.2 Å². The zero-order valence-corrected chi connectivity index (χ0v) is 16.8. The van der Waals surface area contributed by atoms with Crippen molar-refractivity contribution in [2.45, 2.75) is 52.5 Å². The van der Waals surface area contributed by atoms with Gasteiger partial charge >= 0.3 is 0 Å². The minimum absolute atomic E-state index is 0.0206. The van der Waals surface area contributed by atoms with Crippen molar-refractivity contribution in [1.82, 2.24) is 10.2 Å². The minimum Gasteiger partial charge on any atom is -0.382 e. The van der Waals surface area contributed by atoms with Crippen LogP contribution in [0.1, 0.15) is 43.7 Å². The van der Waals surface area contributed by atoms with Crippen LogP contribution >= 0.6 is 0 Å². The zero-order chi connectivity index (χ0) is 19.6. The van der Waals surface area contributed by atoms with E-state index in [1.807, 2.05) is 39.0 Å². The van der Waals surface area contributed by atoms with Crippen LogP contribution in [-0.2, 0) is 14.3 Å². The fourth-order valence-corrected chi connectivity index (χ4v) is 2.96. The molecule has 0 saturated heterocycles. The fraction of sp³-hybridized carbons (Fsp3) is 0.619. The summed E-state index contributed by atoms with van der Waals surface area (Å²) in [5.41, 5.74) is 3.04. The van der Waals surface area contributed by atoms with E-state index < -0.39 is 0 Å². The molecule has 2 N–H and O–H groups in total. The fourth-order valence-electron chi connectivity index (χ4n) is 2.96. The molecule has 150 valence electrons. The molecule has 1 aliphatic rings. The van der Waals surface area contributed by atoms with Crippen molar-refractivity contribution in [3.63, 3.8) is 0 Å². The second kappa shape index (κ2) is 11.0. The van der Waals surface area contributed by atoms with Gasteiger partial charge in [-0.05, 0) is 57.2 Å². The topological polar surface area (TPSA) is 70.7 Å². The van der Waals surface area contributed by atoms with Crippen molar-refractivity contribution in [2.24, 2.45) is 0 Å². The van der Waals surface area contributed by atoms with Gasteiger partial charge in [0.05, 0.1) is 6.54 Å². The van der Waals surface area contributed by atoms with Crippen LogP contribution in [0.2, 0.25) is 0 Å². The highest BCUT2D eigenvalue weighted by Gasteiger charge is 2.30. The van der Waals surface area contributed by atoms with Gasteiger partial charge in [0.15, 0.2) is 0 Å². The molecule has 6 heteroatoms. The maximum absolute atomic E-state index is 12.5. The van der Waals surface area contributed by atoms with Gasteiger partial charge in [-0.1, -0.05) is 12.1 Å². The number of amides is 2. The van der Waals surface area contributed by atoms with Crippen molar-refractivity contribution >= 4 is 17.5 Å². The van der Waals surface area contributed by atoms with E-state index in [0.717, 1.165) is 36.1 Å². The van der Waals surface area contributed by atoms with E-state index in [1.165, 1.54) is 0 Å². The van der Waals surface area contributed by atoms with Crippen molar-refractivity contribution in [1.29, 1.82) is 0 Å². The van der Waals surface area contributed by atoms with Gasteiger partial charge in [0.25, 0.3) is 0 Å². The van der Waals surface area contributed by atoms with Gasteiger partial charge in [0.1, 0.15) is 0 Å². The summed E-state index contributed by atoms with van der Waals surface area (Å²) in [5.74, 6) is 0.0137. The molecule has 0 heterocycles. The zero-order valence-electron chi connectivity index (χ0n) is 16.8. The smallest absolute Gasteiger partial charge is 0.238 e. The standard InChI is InChI=1S/C21H33N3O3/c1-4-27-13-5-11-22-20(25)10-12-24(18-8-9-18)15-21(26)23-19-14-16(2)6-7-17(19)3/h6-7,14,18H,4-5,8-13,15H2,1-3H3,(H,22,25)(H,23,26). The monoisotopic (exact) mass is 375 g/mol. The van der Waals surface area contributed by atoms with Crippen LogP contribution in [0.4, 0.5) is 5.69 Å². The van der Waals surface area contributed by atoms with Crippen molar-refractivity contribution in [3.8, 4) is 0 Å². The Labute approximate surface area is 162 Å². The Morgan fingerprint density at radius 1 is 1.22 bits per heavy atom. The van der Waals surface area contributed by atoms with Gasteiger partial charge in [-0.15, -0.1) is 0 Å². The predicted molar refractivity (Wildman–Crippen MR) is 108 cm³/mol. The van der Waals surface area contributed by atoms with Crippen molar-refractivity contribution in [2.75, 3.05) is 38.2 Å². The summed E-state index contributed by atoms with van der Waals surface area (Å²) in [6.45, 7) is 8.91. The molecule has 0 unspecified atom stereocenters. The van der Waals surface area contributed by atoms with E-state index in [1.54, 1.807) is 0 Å². The predicted octanol–water partition coefficient (Wildman–Crippen LogP) is 2.64. The Morgan fingerprint density at radius 3 is 2.70 bits per heavy atom. The number of hydrogen-bond acceptors (Lipinski definition) is 4. The average molecular weight is 376 g/mol. The third-order valence-corrected chi connectivity index (χ3v) is 4.69. The quantitative estimate of drug-likeness (QED) is 0.551. The summed E-state index contributed by atoms with van der Waals surface area (Å²) >= 11 is 0. The third kappa shape index (κ3) is 8.10. The minimum atomic E-state index is -0.0206. The molecule has 1 aliphatic carbocycles. The molecule has 1 fully saturated rings. The van der Waals surface area contributed by atoms with Gasteiger partial charge < -0.3 is 15.4 Å². The van der Waals surface area contributed by atoms with Gasteiger partial charge in [-0.3, -0.25) is 14.5 Å². The largest absolute Gasteiger partial charge is 0.382 e. The number of anilines is 1. The van der Waals surface area contributed by atoms with Gasteiger partial charge in [0.2, 0.25) is 11.8 Å². The molecule has 0 atom stereocenters. The molecular weight excluding hydrogens is 342 g/mol. The van der Waals surface area contributed by atoms with E-state index in [-0.39, 0.29) is 11.8 Å². The van der Waals surface area contributed by atoms with Crippen LogP contribution in [0.25, 0.3) is 0 Å². The van der Waals surface area contributed by atoms with Gasteiger partial charge in [-0.25, -0.2) is 0 Å². The molecule has 0 spiro atoms. The lowest BCUT2D eigenvalue weighted by molar-refractivity contribution is -0.122. The van der Waals surface area contributed by atoms with Crippen molar-refractivity contribution < 1.29 is 14.3 Å². The van der Waals surface area contributed by atoms with Gasteiger partial charge in [0, 0.05) is 44.5 Å². The van der Waals surface area contributed by atoms with E-state index >= 15 is 0 Å². The van der Waals surface area contributed by atoms with Crippen LogP contribution in [-0.4, -0.2) is 55.6 Å². The highest BCUT2D eigenvalue weighted by molar-refractivity contribution is 5.93. The SMILES string of the molecule is CCOCCCNC(=O)CCN(CC(=O)Nc1cc(C)ccc1C)C1CC1. The van der Waals surface area contributed by atoms with Crippen molar-refractivity contribution in [3.05, 3.63) is 29.3 Å². The first kappa shape index (κ1) is 21.4. The van der Waals surface area contributed by atoms with E-state index in [4.69, 9.17) is 4.74 Å². The molecule has 2 rings (SSSR count). The Kier molecular flexibility index (Phi) is 8.75. The van der Waals surface area contributed by atoms with E-state index in [9.17, 15) is 9.59 Å². The number of carbonyl (C=O) groups is 2. The first-order chi connectivity index (χ1) is 13.0. The maximum Gasteiger partial charge on any atom is 0.238 e. The summed E-state index contributed by atoms with van der Waals surface area (Å²) in [6, 6.07) is 6.47. The molecule has 6 nitrogen and oxygen atoms in total. The van der Waals surface area contributed by atoms with Gasteiger partial charge in [-0.2, -0.15) is 0 Å². The van der Waals surface area contributed by atoms with E-state index in [0.29, 0.717) is 45.3 Å². The number of ether oxygens (including phenoxy) is 1. The second-order valence-electron chi connectivity index (χ2n) is 7.22. The highest BCUT2D eigenvalue weighted by Crippen LogP contribution is 2.27. The molecule has 1 aromatic carbocycles. The first-order valence-electron chi connectivity index (χ1n) is 9.95. The lowest BCUT2D eigenvalue weighted by Gasteiger charge is -2.21. The van der Waals surface area contributed by atoms with Crippen LogP contribution < -0.4 is 10.6 Å². The lowest BCUT2D eigenvalue weighted by atomic mass is 10.1. The third-order valence-electron chi connectivity index (χ3n) is 4.69. The molecule has 2 amide bonds. The Morgan fingerprint density at radius 2 is 2.00 bits per heavy atom. The maximum atomic E-state index is 12.5. The molecule has 1 aromatic rings. The number of nitrogens with one attached hydrogen (secondary N) is 2. The summed E-state index contributed by atoms with van der Waals surface area (Å²) in [4.78, 5) is 26.6. The number of nitrogens with zero attached hydrogens (tertiary/aromatic N) is 1. The molecule has 27 heavy (non-hydrogen) atoms. The molecule has 0 aromatic heterocycles. The second-order valence-corrected chi connectivity index (χ2v) is 7.22. The van der Waals surface area contributed by atoms with Crippen LogP contribution in [0, 0.1) is 13.8 Å². The Bertz CT molecular complexity index is 629. The summed E-state index contributed by atoms with van der Waals surface area (Å²) in [5, 5.41) is 5.93. The Balaban J connectivity index is 1.74. The highest BCUT2D eigenvalue weighted by atomic mass is 16.5. The molecule has 1 saturated carbocycles. The van der Waals surface area contributed by atoms with E-state index in [2.05, 4.69) is 15.5 Å². The van der Waals surface area contributed by atoms with Crippen LogP contribution in [0.5, 0.6) is 0 Å². The summed E-state index contributed by atoms with van der Waals surface area (Å²) in [6.07, 6.45) is 3.45. The lowest BCUT2D eigenvalue weighted by Crippen LogP contribution is -2.38. The summed E-state index contributed by atoms with van der Waals surface area (Å²) in [7, 11) is 0. The molecular formula is C21H33N3O3. The number of benzene rings is 1. The number of aryl methyl sites for hydroxylation is 2. The van der Waals surface area contributed by atoms with Crippen LogP contribution in [0.3, 0.4) is 0 Å². The first-order valence-corrected chi connectivity index (χ1v) is 9.95. The molecule has 0 bridgehead atoms. The molecule has 0 radical (unpaired) electrons. The summed E-state index contributed by atoms with van der Waals surface area (Å²) < 4.78 is 5.26.